The molecule has 0 aliphatic rings. The highest BCUT2D eigenvalue weighted by atomic mass is 31.2. The number of unbranched alkanes of at least 4 members (excludes halogenated alkanes) is 29. The van der Waals surface area contributed by atoms with Crippen LogP contribution in [0, 0.1) is 0 Å². The molecule has 0 aliphatic carbocycles. The average molecular weight is 1240 g/mol. The normalized spacial score (nSPS) is 13.9. The van der Waals surface area contributed by atoms with Crippen molar-refractivity contribution in [2.45, 2.75) is 302 Å². The van der Waals surface area contributed by atoms with Gasteiger partial charge in [-0.25, -0.2) is 0 Å². The third-order valence-electron chi connectivity index (χ3n) is 15.2. The predicted molar refractivity (Wildman–Crippen MR) is 378 cm³/mol. The Morgan fingerprint density at radius 3 is 0.966 bits per heavy atom. The number of likely N-dealkylation sites (N-methyl/N-ethyl adjacent to an activating group) is 1. The van der Waals surface area contributed by atoms with E-state index >= 15 is 0 Å². The molecule has 0 aromatic carbocycles. The summed E-state index contributed by atoms with van der Waals surface area (Å²) in [5, 5.41) is 0. The second-order valence-corrected chi connectivity index (χ2v) is 26.3. The summed E-state index contributed by atoms with van der Waals surface area (Å²) in [5.74, 6) is -0.837. The largest absolute Gasteiger partial charge is 0.756 e. The fourth-order valence-corrected chi connectivity index (χ4v) is 10.4. The number of ether oxygens (including phenoxy) is 2. The van der Waals surface area contributed by atoms with Gasteiger partial charge in [-0.1, -0.05) is 302 Å². The molecule has 10 heteroatoms. The summed E-state index contributed by atoms with van der Waals surface area (Å²) < 4.78 is 34.3. The number of allylic oxidation sites excluding steroid dienone is 22. The molecule has 0 heterocycles. The third kappa shape index (κ3) is 71.2. The van der Waals surface area contributed by atoms with Gasteiger partial charge in [0, 0.05) is 12.8 Å². The van der Waals surface area contributed by atoms with E-state index < -0.39 is 26.5 Å². The summed E-state index contributed by atoms with van der Waals surface area (Å²) in [6.45, 7) is 4.12. The van der Waals surface area contributed by atoms with E-state index in [1.54, 1.807) is 0 Å². The van der Waals surface area contributed by atoms with Crippen LogP contribution < -0.4 is 4.89 Å². The van der Waals surface area contributed by atoms with Gasteiger partial charge in [0.1, 0.15) is 19.8 Å². The van der Waals surface area contributed by atoms with Crippen molar-refractivity contribution in [2.24, 2.45) is 0 Å². The first kappa shape index (κ1) is 84.2. The van der Waals surface area contributed by atoms with Gasteiger partial charge in [0.25, 0.3) is 7.82 Å². The lowest BCUT2D eigenvalue weighted by Crippen LogP contribution is -2.37. The molecule has 0 spiro atoms. The highest BCUT2D eigenvalue weighted by Gasteiger charge is 2.22. The molecular formula is C78H134NO8P. The minimum absolute atomic E-state index is 0.0366. The Labute approximate surface area is 542 Å². The van der Waals surface area contributed by atoms with Crippen molar-refractivity contribution >= 4 is 19.8 Å². The van der Waals surface area contributed by atoms with Gasteiger partial charge in [0.05, 0.1) is 27.7 Å². The number of phosphoric acid groups is 1. The molecule has 0 rings (SSSR count). The van der Waals surface area contributed by atoms with Crippen LogP contribution in [-0.4, -0.2) is 70.0 Å². The average Bonchev–Trinajstić information content (AvgIpc) is 3.68. The number of quaternary nitrogens is 1. The Balaban J connectivity index is 4.08. The predicted octanol–water partition coefficient (Wildman–Crippen LogP) is 23.0. The van der Waals surface area contributed by atoms with E-state index in [2.05, 4.69) is 148 Å². The number of hydrogen-bond donors (Lipinski definition) is 0. The van der Waals surface area contributed by atoms with Crippen molar-refractivity contribution in [3.8, 4) is 0 Å². The lowest BCUT2D eigenvalue weighted by molar-refractivity contribution is -0.870. The van der Waals surface area contributed by atoms with Crippen molar-refractivity contribution in [1.29, 1.82) is 0 Å². The molecule has 0 N–H and O–H groups in total. The molecule has 504 valence electrons. The first-order valence-corrected chi connectivity index (χ1v) is 37.4. The van der Waals surface area contributed by atoms with Crippen molar-refractivity contribution < 1.29 is 42.1 Å². The van der Waals surface area contributed by atoms with Crippen LogP contribution in [0.15, 0.2) is 134 Å². The molecule has 0 radical (unpaired) electrons. The van der Waals surface area contributed by atoms with Gasteiger partial charge >= 0.3 is 11.9 Å². The lowest BCUT2D eigenvalue weighted by Gasteiger charge is -2.28. The zero-order valence-electron chi connectivity index (χ0n) is 57.4. The summed E-state index contributed by atoms with van der Waals surface area (Å²) in [4.78, 5) is 38.1. The van der Waals surface area contributed by atoms with Crippen LogP contribution in [0.1, 0.15) is 296 Å². The molecule has 0 bridgehead atoms. The van der Waals surface area contributed by atoms with Gasteiger partial charge in [-0.15, -0.1) is 0 Å². The maximum Gasteiger partial charge on any atom is 0.306 e. The van der Waals surface area contributed by atoms with Crippen molar-refractivity contribution in [1.82, 2.24) is 0 Å². The molecule has 2 unspecified atom stereocenters. The fourth-order valence-electron chi connectivity index (χ4n) is 9.68. The summed E-state index contributed by atoms with van der Waals surface area (Å²) in [7, 11) is 1.16. The fraction of sp³-hybridized carbons (Fsp3) is 0.692. The molecule has 0 aromatic heterocycles. The smallest absolute Gasteiger partial charge is 0.306 e. The summed E-state index contributed by atoms with van der Waals surface area (Å²) in [6, 6.07) is 0. The summed E-state index contributed by atoms with van der Waals surface area (Å²) >= 11 is 0. The molecular weight excluding hydrogens is 1110 g/mol. The zero-order valence-corrected chi connectivity index (χ0v) is 58.3. The van der Waals surface area contributed by atoms with E-state index in [0.29, 0.717) is 17.4 Å². The Kier molecular flexibility index (Phi) is 64.6. The maximum absolute atomic E-state index is 12.9. The molecule has 0 saturated heterocycles. The quantitative estimate of drug-likeness (QED) is 0.0195. The monoisotopic (exact) mass is 1240 g/mol. The van der Waals surface area contributed by atoms with Gasteiger partial charge < -0.3 is 27.9 Å². The number of phosphoric ester groups is 1. The second-order valence-electron chi connectivity index (χ2n) is 24.9. The molecule has 88 heavy (non-hydrogen) atoms. The van der Waals surface area contributed by atoms with Crippen LogP contribution in [-0.2, 0) is 32.7 Å². The van der Waals surface area contributed by atoms with Crippen LogP contribution in [0.4, 0.5) is 0 Å². The second kappa shape index (κ2) is 67.5. The zero-order chi connectivity index (χ0) is 64.1. The van der Waals surface area contributed by atoms with E-state index in [4.69, 9.17) is 18.5 Å². The van der Waals surface area contributed by atoms with Gasteiger partial charge in [-0.2, -0.15) is 0 Å². The van der Waals surface area contributed by atoms with Crippen molar-refractivity contribution in [3.05, 3.63) is 134 Å². The van der Waals surface area contributed by atoms with Gasteiger partial charge in [0.15, 0.2) is 6.10 Å². The Morgan fingerprint density at radius 1 is 0.364 bits per heavy atom. The summed E-state index contributed by atoms with van der Waals surface area (Å²) in [5.41, 5.74) is 0. The van der Waals surface area contributed by atoms with E-state index in [9.17, 15) is 19.0 Å². The summed E-state index contributed by atoms with van der Waals surface area (Å²) in [6.07, 6.45) is 98.1. The van der Waals surface area contributed by atoms with Gasteiger partial charge in [-0.05, 0) is 116 Å². The van der Waals surface area contributed by atoms with E-state index in [0.717, 1.165) is 103 Å². The topological polar surface area (TPSA) is 111 Å². The van der Waals surface area contributed by atoms with Crippen LogP contribution >= 0.6 is 7.82 Å². The number of hydrogen-bond acceptors (Lipinski definition) is 8. The van der Waals surface area contributed by atoms with E-state index in [1.165, 1.54) is 161 Å². The van der Waals surface area contributed by atoms with Gasteiger partial charge in [0.2, 0.25) is 0 Å². The van der Waals surface area contributed by atoms with Gasteiger partial charge in [-0.3, -0.25) is 14.2 Å². The maximum atomic E-state index is 12.9. The lowest BCUT2D eigenvalue weighted by atomic mass is 10.0. The molecule has 9 nitrogen and oxygen atoms in total. The van der Waals surface area contributed by atoms with E-state index in [-0.39, 0.29) is 32.0 Å². The van der Waals surface area contributed by atoms with Crippen LogP contribution in [0.3, 0.4) is 0 Å². The number of nitrogens with zero attached hydrogens (tertiary/aromatic N) is 1. The van der Waals surface area contributed by atoms with Crippen molar-refractivity contribution in [3.63, 3.8) is 0 Å². The molecule has 0 saturated carbocycles. The third-order valence-corrected chi connectivity index (χ3v) is 16.1. The molecule has 0 fully saturated rings. The first-order valence-electron chi connectivity index (χ1n) is 35.9. The molecule has 0 amide bonds. The molecule has 2 atom stereocenters. The highest BCUT2D eigenvalue weighted by Crippen LogP contribution is 2.38. The SMILES string of the molecule is CC/C=C\C/C=C\C/C=C\C/C=C\C/C=C\C/C=C\C/C=C\C/C=C\CCCCCCCCCCCCCCC(=O)OC(COC(=O)CCCCCCCCCCCCCC/C=C\C/C=C\C/C=C\CCCCCCC)COP(=O)([O-])OCC[N+](C)(C)C. The Hall–Kier alpha value is -3.85. The minimum atomic E-state index is -4.65. The van der Waals surface area contributed by atoms with Crippen LogP contribution in [0.2, 0.25) is 0 Å². The Bertz CT molecular complexity index is 1950. The number of carbonyl (C=O) groups is 2. The molecule has 0 aromatic rings. The molecule has 0 aliphatic heterocycles. The highest BCUT2D eigenvalue weighted by molar-refractivity contribution is 7.45. The first-order chi connectivity index (χ1) is 43.0. The Morgan fingerprint density at radius 2 is 0.648 bits per heavy atom. The van der Waals surface area contributed by atoms with E-state index in [1.807, 2.05) is 21.1 Å². The standard InChI is InChI=1S/C78H134NO8P/c1-6-8-10-12-14-16-18-20-22-24-26-28-30-32-34-35-36-37-38-39-40-41-42-43-45-47-49-51-53-55-57-59-61-63-65-67-69-71-78(81)87-76(75-86-88(82,83)85-73-72-79(3,4)5)74-84-77(80)70-68-66-64-62-60-58-56-54-52-50-48-46-44-33-31-29-27-25-23-21-19-17-15-13-11-9-7-2/h8,10,14,16,19-22,25-28,31-34,36-37,39-40,42-43,76H,6-7,9,11-13,15,17-18,23-24,29-30,35,38,41,44-75H2,1-5H3/b10-8-,16-14-,21-19-,22-20-,27-25-,28-26-,33-31-,34-32-,37-36-,40-39-,43-42-. The number of esters is 2. The minimum Gasteiger partial charge on any atom is -0.756 e. The van der Waals surface area contributed by atoms with Crippen molar-refractivity contribution in [2.75, 3.05) is 47.5 Å². The number of carbonyl (C=O) groups excluding carboxylic acids is 2. The van der Waals surface area contributed by atoms with Crippen LogP contribution in [0.25, 0.3) is 0 Å². The van der Waals surface area contributed by atoms with Crippen LogP contribution in [0.5, 0.6) is 0 Å². The number of rotatable bonds is 65.